The number of hydrogen-bond acceptors (Lipinski definition) is 6. The van der Waals surface area contributed by atoms with Crippen molar-refractivity contribution in [1.82, 2.24) is 0 Å². The summed E-state index contributed by atoms with van der Waals surface area (Å²) >= 11 is 1.62. The van der Waals surface area contributed by atoms with Crippen molar-refractivity contribution in [1.29, 1.82) is 0 Å². The van der Waals surface area contributed by atoms with Gasteiger partial charge in [-0.1, -0.05) is 37.5 Å². The van der Waals surface area contributed by atoms with Crippen LogP contribution in [-0.2, 0) is 9.53 Å². The standard InChI is InChI=1S/C24H34O5S/c1-29-24(28)11-5-3-2-4-9-17-18(21(27)15-20(17)26)12-13-19(25)23-14-16-8-6-7-10-22(16)30-23/h6-8,10,14,17-21,25-27H,2-5,9,11-13,15H2,1H3/t17-,18-,19?,20+,21-/m1/s1. The molecule has 1 saturated carbocycles. The number of aliphatic hydroxyl groups is 3. The molecule has 30 heavy (non-hydrogen) atoms. The second-order valence-electron chi connectivity index (χ2n) is 8.51. The van der Waals surface area contributed by atoms with E-state index in [0.29, 0.717) is 25.7 Å². The first-order chi connectivity index (χ1) is 14.5. The Kier molecular flexibility index (Phi) is 8.69. The van der Waals surface area contributed by atoms with Crippen molar-refractivity contribution in [3.05, 3.63) is 35.2 Å². The molecule has 2 aromatic rings. The number of fused-ring (bicyclic) bond motifs is 1. The van der Waals surface area contributed by atoms with Crippen LogP contribution in [0.1, 0.15) is 68.8 Å². The van der Waals surface area contributed by atoms with E-state index in [1.165, 1.54) is 11.8 Å². The minimum Gasteiger partial charge on any atom is -0.469 e. The second kappa shape index (κ2) is 11.2. The molecular weight excluding hydrogens is 400 g/mol. The van der Waals surface area contributed by atoms with Gasteiger partial charge in [-0.2, -0.15) is 0 Å². The Labute approximate surface area is 182 Å². The average molecular weight is 435 g/mol. The van der Waals surface area contributed by atoms with E-state index >= 15 is 0 Å². The number of esters is 1. The smallest absolute Gasteiger partial charge is 0.305 e. The Hall–Kier alpha value is -1.47. The Balaban J connectivity index is 1.46. The van der Waals surface area contributed by atoms with E-state index in [-0.39, 0.29) is 17.8 Å². The lowest BCUT2D eigenvalue weighted by Gasteiger charge is -2.24. The van der Waals surface area contributed by atoms with Gasteiger partial charge < -0.3 is 20.1 Å². The number of unbranched alkanes of at least 4 members (excludes halogenated alkanes) is 3. The molecule has 1 unspecified atom stereocenters. The van der Waals surface area contributed by atoms with E-state index in [1.807, 2.05) is 12.1 Å². The summed E-state index contributed by atoms with van der Waals surface area (Å²) in [6, 6.07) is 10.2. The summed E-state index contributed by atoms with van der Waals surface area (Å²) in [5, 5.41) is 32.7. The lowest BCUT2D eigenvalue weighted by Crippen LogP contribution is -2.23. The molecule has 3 rings (SSSR count). The fourth-order valence-corrected chi connectivity index (χ4v) is 5.83. The SMILES string of the molecule is COC(=O)CCCCCC[C@@H]1[C@@H](CCC(O)c2cc3ccccc3s2)[C@H](O)C[C@@H]1O. The molecule has 1 aliphatic carbocycles. The summed E-state index contributed by atoms with van der Waals surface area (Å²) in [4.78, 5) is 12.1. The summed E-state index contributed by atoms with van der Waals surface area (Å²) < 4.78 is 5.83. The maximum absolute atomic E-state index is 11.2. The third-order valence-corrected chi connectivity index (χ3v) is 7.68. The van der Waals surface area contributed by atoms with Crippen molar-refractivity contribution >= 4 is 27.4 Å². The van der Waals surface area contributed by atoms with Gasteiger partial charge in [0.25, 0.3) is 0 Å². The number of methoxy groups -OCH3 is 1. The van der Waals surface area contributed by atoms with Crippen molar-refractivity contribution in [3.63, 3.8) is 0 Å². The van der Waals surface area contributed by atoms with Crippen molar-refractivity contribution in [2.45, 2.75) is 76.1 Å². The molecule has 1 fully saturated rings. The van der Waals surface area contributed by atoms with Crippen molar-refractivity contribution < 1.29 is 24.9 Å². The van der Waals surface area contributed by atoms with Crippen LogP contribution in [0.3, 0.4) is 0 Å². The Bertz CT molecular complexity index is 771. The Morgan fingerprint density at radius 3 is 2.53 bits per heavy atom. The molecule has 0 bridgehead atoms. The molecule has 5 nitrogen and oxygen atoms in total. The van der Waals surface area contributed by atoms with E-state index < -0.39 is 18.3 Å². The van der Waals surface area contributed by atoms with E-state index in [1.54, 1.807) is 11.3 Å². The van der Waals surface area contributed by atoms with E-state index in [4.69, 9.17) is 0 Å². The Morgan fingerprint density at radius 2 is 1.80 bits per heavy atom. The van der Waals surface area contributed by atoms with Crippen LogP contribution in [0.2, 0.25) is 0 Å². The van der Waals surface area contributed by atoms with E-state index in [0.717, 1.165) is 42.4 Å². The average Bonchev–Trinajstić information content (AvgIpc) is 3.29. The number of carbonyl (C=O) groups is 1. The van der Waals surface area contributed by atoms with Gasteiger partial charge in [-0.05, 0) is 61.5 Å². The topological polar surface area (TPSA) is 87.0 Å². The van der Waals surface area contributed by atoms with Crippen molar-refractivity contribution in [2.75, 3.05) is 7.11 Å². The van der Waals surface area contributed by atoms with E-state index in [9.17, 15) is 20.1 Å². The molecule has 6 heteroatoms. The van der Waals surface area contributed by atoms with Crippen LogP contribution in [0.15, 0.2) is 30.3 Å². The van der Waals surface area contributed by atoms with Crippen LogP contribution in [0.5, 0.6) is 0 Å². The van der Waals surface area contributed by atoms with Crippen molar-refractivity contribution in [3.8, 4) is 0 Å². The van der Waals surface area contributed by atoms with Gasteiger partial charge in [0.05, 0.1) is 25.4 Å². The number of hydrogen-bond donors (Lipinski definition) is 3. The first kappa shape index (κ1) is 23.2. The highest BCUT2D eigenvalue weighted by Crippen LogP contribution is 2.41. The third-order valence-electron chi connectivity index (χ3n) is 6.46. The van der Waals surface area contributed by atoms with E-state index in [2.05, 4.69) is 22.9 Å². The lowest BCUT2D eigenvalue weighted by atomic mass is 9.84. The first-order valence-corrected chi connectivity index (χ1v) is 11.9. The largest absolute Gasteiger partial charge is 0.469 e. The van der Waals surface area contributed by atoms with Crippen LogP contribution in [0.4, 0.5) is 0 Å². The first-order valence-electron chi connectivity index (χ1n) is 11.1. The second-order valence-corrected chi connectivity index (χ2v) is 9.62. The number of aliphatic hydroxyl groups excluding tert-OH is 3. The number of ether oxygens (including phenoxy) is 1. The minimum atomic E-state index is -0.536. The molecule has 1 aliphatic rings. The number of carbonyl (C=O) groups excluding carboxylic acids is 1. The normalized spacial score (nSPS) is 24.9. The summed E-state index contributed by atoms with van der Waals surface area (Å²) in [5.74, 6) is -0.0593. The molecule has 0 radical (unpaired) electrons. The predicted octanol–water partition coefficient (Wildman–Crippen LogP) is 4.59. The van der Waals surface area contributed by atoms with Crippen LogP contribution >= 0.6 is 11.3 Å². The van der Waals surface area contributed by atoms with Gasteiger partial charge in [0.1, 0.15) is 0 Å². The van der Waals surface area contributed by atoms with Gasteiger partial charge in [-0.3, -0.25) is 4.79 Å². The summed E-state index contributed by atoms with van der Waals surface area (Å²) in [5.41, 5.74) is 0. The number of rotatable bonds is 11. The fourth-order valence-electron chi connectivity index (χ4n) is 4.74. The van der Waals surface area contributed by atoms with Gasteiger partial charge in [-0.15, -0.1) is 11.3 Å². The molecule has 5 atom stereocenters. The molecule has 3 N–H and O–H groups in total. The predicted molar refractivity (Wildman–Crippen MR) is 119 cm³/mol. The number of benzene rings is 1. The fraction of sp³-hybridized carbons (Fsp3) is 0.625. The minimum absolute atomic E-state index is 0.0269. The van der Waals surface area contributed by atoms with Crippen LogP contribution < -0.4 is 0 Å². The summed E-state index contributed by atoms with van der Waals surface area (Å²) in [6.45, 7) is 0. The quantitative estimate of drug-likeness (QED) is 0.356. The molecule has 1 aromatic heterocycles. The summed E-state index contributed by atoms with van der Waals surface area (Å²) in [6.07, 6.45) is 5.33. The highest BCUT2D eigenvalue weighted by atomic mass is 32.1. The van der Waals surface area contributed by atoms with Gasteiger partial charge in [0, 0.05) is 16.0 Å². The Morgan fingerprint density at radius 1 is 1.10 bits per heavy atom. The molecule has 166 valence electrons. The zero-order valence-corrected chi connectivity index (χ0v) is 18.5. The molecule has 1 aromatic carbocycles. The molecule has 0 aliphatic heterocycles. The third kappa shape index (κ3) is 6.03. The van der Waals surface area contributed by atoms with Gasteiger partial charge in [0.15, 0.2) is 0 Å². The molecule has 0 spiro atoms. The van der Waals surface area contributed by atoms with Crippen LogP contribution in [0.25, 0.3) is 10.1 Å². The highest BCUT2D eigenvalue weighted by Gasteiger charge is 2.40. The van der Waals surface area contributed by atoms with Gasteiger partial charge >= 0.3 is 5.97 Å². The maximum Gasteiger partial charge on any atom is 0.305 e. The maximum atomic E-state index is 11.2. The molecule has 1 heterocycles. The van der Waals surface area contributed by atoms with Gasteiger partial charge in [-0.25, -0.2) is 0 Å². The van der Waals surface area contributed by atoms with Crippen LogP contribution in [0, 0.1) is 11.8 Å². The van der Waals surface area contributed by atoms with Crippen LogP contribution in [-0.4, -0.2) is 40.6 Å². The highest BCUT2D eigenvalue weighted by molar-refractivity contribution is 7.19. The molecular formula is C24H34O5S. The molecule has 0 amide bonds. The number of thiophene rings is 1. The van der Waals surface area contributed by atoms with Gasteiger partial charge in [0.2, 0.25) is 0 Å². The zero-order chi connectivity index (χ0) is 21.5. The summed E-state index contributed by atoms with van der Waals surface area (Å²) in [7, 11) is 1.41. The lowest BCUT2D eigenvalue weighted by molar-refractivity contribution is -0.140. The zero-order valence-electron chi connectivity index (χ0n) is 17.7. The monoisotopic (exact) mass is 434 g/mol. The molecule has 0 saturated heterocycles. The van der Waals surface area contributed by atoms with Crippen molar-refractivity contribution in [2.24, 2.45) is 11.8 Å².